The summed E-state index contributed by atoms with van der Waals surface area (Å²) in [6, 6.07) is 0. The van der Waals surface area contributed by atoms with E-state index in [9.17, 15) is 4.79 Å². The predicted molar refractivity (Wildman–Crippen MR) is 86.8 cm³/mol. The molecule has 0 unspecified atom stereocenters. The van der Waals surface area contributed by atoms with E-state index in [2.05, 4.69) is 40.2 Å². The molecule has 0 bridgehead atoms. The van der Waals surface area contributed by atoms with Gasteiger partial charge in [-0.2, -0.15) is 5.10 Å². The summed E-state index contributed by atoms with van der Waals surface area (Å²) in [7, 11) is 1.59. The molecule has 0 amide bonds. The van der Waals surface area contributed by atoms with Gasteiger partial charge in [0.05, 0.1) is 25.0 Å². The highest BCUT2D eigenvalue weighted by molar-refractivity contribution is 9.10. The number of halogens is 1. The van der Waals surface area contributed by atoms with Crippen molar-refractivity contribution >= 4 is 21.6 Å². The molecule has 6 nitrogen and oxygen atoms in total. The van der Waals surface area contributed by atoms with Gasteiger partial charge in [0.1, 0.15) is 4.47 Å². The SMILES string of the molecule is COCCn1ncc(NCCCOCC(C)C)c(Br)c1=O. The molecule has 0 saturated heterocycles. The highest BCUT2D eigenvalue weighted by Crippen LogP contribution is 2.15. The molecule has 0 spiro atoms. The van der Waals surface area contributed by atoms with Crippen LogP contribution < -0.4 is 10.9 Å². The summed E-state index contributed by atoms with van der Waals surface area (Å²) in [5.41, 5.74) is 0.547. The van der Waals surface area contributed by atoms with Crippen LogP contribution in [0.5, 0.6) is 0 Å². The average Bonchev–Trinajstić information content (AvgIpc) is 2.45. The van der Waals surface area contributed by atoms with E-state index in [0.717, 1.165) is 19.6 Å². The van der Waals surface area contributed by atoms with Crippen molar-refractivity contribution in [1.29, 1.82) is 0 Å². The minimum absolute atomic E-state index is 0.159. The van der Waals surface area contributed by atoms with E-state index < -0.39 is 0 Å². The van der Waals surface area contributed by atoms with Gasteiger partial charge in [-0.05, 0) is 28.3 Å². The lowest BCUT2D eigenvalue weighted by atomic mass is 10.2. The van der Waals surface area contributed by atoms with E-state index in [1.807, 2.05) is 0 Å². The fourth-order valence-corrected chi connectivity index (χ4v) is 2.09. The van der Waals surface area contributed by atoms with Crippen LogP contribution in [0.15, 0.2) is 15.5 Å². The zero-order chi connectivity index (χ0) is 15.7. The molecule has 1 aromatic heterocycles. The Morgan fingerprint density at radius 1 is 1.43 bits per heavy atom. The summed E-state index contributed by atoms with van der Waals surface area (Å²) >= 11 is 3.32. The van der Waals surface area contributed by atoms with Crippen LogP contribution in [0, 0.1) is 5.92 Å². The van der Waals surface area contributed by atoms with Crippen molar-refractivity contribution in [2.45, 2.75) is 26.8 Å². The number of hydrogen-bond acceptors (Lipinski definition) is 5. The highest BCUT2D eigenvalue weighted by atomic mass is 79.9. The molecule has 21 heavy (non-hydrogen) atoms. The number of anilines is 1. The Morgan fingerprint density at radius 2 is 2.19 bits per heavy atom. The van der Waals surface area contributed by atoms with Crippen molar-refractivity contribution in [2.24, 2.45) is 5.92 Å². The van der Waals surface area contributed by atoms with Crippen molar-refractivity contribution in [1.82, 2.24) is 9.78 Å². The average molecular weight is 362 g/mol. The summed E-state index contributed by atoms with van der Waals surface area (Å²) in [6.07, 6.45) is 2.53. The Balaban J connectivity index is 2.42. The first-order valence-electron chi connectivity index (χ1n) is 7.12. The van der Waals surface area contributed by atoms with E-state index in [1.54, 1.807) is 13.3 Å². The first-order valence-corrected chi connectivity index (χ1v) is 7.91. The van der Waals surface area contributed by atoms with Crippen LogP contribution in [-0.4, -0.2) is 43.3 Å². The third-order valence-corrected chi connectivity index (χ3v) is 3.49. The monoisotopic (exact) mass is 361 g/mol. The number of rotatable bonds is 10. The lowest BCUT2D eigenvalue weighted by Gasteiger charge is -2.11. The van der Waals surface area contributed by atoms with E-state index in [-0.39, 0.29) is 5.56 Å². The maximum Gasteiger partial charge on any atom is 0.283 e. The maximum atomic E-state index is 12.0. The van der Waals surface area contributed by atoms with Crippen LogP contribution in [0.4, 0.5) is 5.69 Å². The minimum Gasteiger partial charge on any atom is -0.383 e. The summed E-state index contributed by atoms with van der Waals surface area (Å²) in [5, 5.41) is 7.31. The van der Waals surface area contributed by atoms with E-state index in [1.165, 1.54) is 4.68 Å². The second kappa shape index (κ2) is 9.92. The Labute approximate surface area is 134 Å². The first kappa shape index (κ1) is 18.1. The molecule has 1 heterocycles. The fourth-order valence-electron chi connectivity index (χ4n) is 1.64. The van der Waals surface area contributed by atoms with Crippen molar-refractivity contribution < 1.29 is 9.47 Å². The molecular formula is C14H24BrN3O3. The number of aromatic nitrogens is 2. The van der Waals surface area contributed by atoms with Crippen LogP contribution in [0.2, 0.25) is 0 Å². The van der Waals surface area contributed by atoms with Crippen LogP contribution in [0.1, 0.15) is 20.3 Å². The quantitative estimate of drug-likeness (QED) is 0.646. The second-order valence-electron chi connectivity index (χ2n) is 5.14. The highest BCUT2D eigenvalue weighted by Gasteiger charge is 2.08. The van der Waals surface area contributed by atoms with E-state index >= 15 is 0 Å². The number of methoxy groups -OCH3 is 1. The fraction of sp³-hybridized carbons (Fsp3) is 0.714. The van der Waals surface area contributed by atoms with Crippen molar-refractivity contribution in [2.75, 3.05) is 38.8 Å². The number of nitrogens with one attached hydrogen (secondary N) is 1. The van der Waals surface area contributed by atoms with Crippen LogP contribution in [0.3, 0.4) is 0 Å². The van der Waals surface area contributed by atoms with Crippen LogP contribution in [0.25, 0.3) is 0 Å². The normalized spacial score (nSPS) is 11.1. The summed E-state index contributed by atoms with van der Waals surface area (Å²) in [6.45, 7) is 7.37. The Kier molecular flexibility index (Phi) is 8.56. The van der Waals surface area contributed by atoms with Crippen molar-refractivity contribution in [3.8, 4) is 0 Å². The molecule has 1 N–H and O–H groups in total. The molecule has 0 aliphatic heterocycles. The number of nitrogens with zero attached hydrogens (tertiary/aromatic N) is 2. The van der Waals surface area contributed by atoms with Gasteiger partial charge in [0, 0.05) is 26.9 Å². The smallest absolute Gasteiger partial charge is 0.283 e. The molecule has 0 radical (unpaired) electrons. The standard InChI is InChI=1S/C14H24BrN3O3/c1-11(2)10-21-7-4-5-16-12-9-17-18(6-8-20-3)14(19)13(12)15/h9,11,16H,4-8,10H2,1-3H3. The molecule has 1 rings (SSSR count). The van der Waals surface area contributed by atoms with Gasteiger partial charge in [0.15, 0.2) is 0 Å². The molecule has 120 valence electrons. The van der Waals surface area contributed by atoms with Crippen LogP contribution in [-0.2, 0) is 16.0 Å². The first-order chi connectivity index (χ1) is 10.1. The molecule has 0 aliphatic rings. The summed E-state index contributed by atoms with van der Waals surface area (Å²) in [5.74, 6) is 0.552. The summed E-state index contributed by atoms with van der Waals surface area (Å²) < 4.78 is 12.3. The van der Waals surface area contributed by atoms with E-state index in [4.69, 9.17) is 9.47 Å². The van der Waals surface area contributed by atoms with Gasteiger partial charge in [0.25, 0.3) is 5.56 Å². The van der Waals surface area contributed by atoms with Gasteiger partial charge in [-0.25, -0.2) is 4.68 Å². The molecule has 0 aliphatic carbocycles. The third kappa shape index (κ3) is 6.58. The molecule has 0 atom stereocenters. The molecule has 0 fully saturated rings. The maximum absolute atomic E-state index is 12.0. The van der Waals surface area contributed by atoms with Gasteiger partial charge < -0.3 is 14.8 Å². The van der Waals surface area contributed by atoms with Crippen molar-refractivity contribution in [3.05, 3.63) is 21.0 Å². The van der Waals surface area contributed by atoms with Gasteiger partial charge in [-0.3, -0.25) is 4.79 Å². The lowest BCUT2D eigenvalue weighted by molar-refractivity contribution is 0.110. The molecular weight excluding hydrogens is 338 g/mol. The topological polar surface area (TPSA) is 65.4 Å². The Hall–Kier alpha value is -0.920. The number of hydrogen-bond donors (Lipinski definition) is 1. The zero-order valence-corrected chi connectivity index (χ0v) is 14.5. The van der Waals surface area contributed by atoms with Gasteiger partial charge >= 0.3 is 0 Å². The number of ether oxygens (including phenoxy) is 2. The van der Waals surface area contributed by atoms with Gasteiger partial charge in [-0.1, -0.05) is 13.8 Å². The molecule has 0 aromatic carbocycles. The third-order valence-electron chi connectivity index (χ3n) is 2.72. The Bertz CT molecular complexity index is 477. The second-order valence-corrected chi connectivity index (χ2v) is 5.94. The molecule has 1 aromatic rings. The zero-order valence-electron chi connectivity index (χ0n) is 12.9. The minimum atomic E-state index is -0.159. The molecule has 7 heteroatoms. The largest absolute Gasteiger partial charge is 0.383 e. The predicted octanol–water partition coefficient (Wildman–Crippen LogP) is 2.13. The van der Waals surface area contributed by atoms with Crippen molar-refractivity contribution in [3.63, 3.8) is 0 Å². The molecule has 0 saturated carbocycles. The summed E-state index contributed by atoms with van der Waals surface area (Å²) in [4.78, 5) is 12.0. The van der Waals surface area contributed by atoms with E-state index in [0.29, 0.717) is 35.8 Å². The van der Waals surface area contributed by atoms with Gasteiger partial charge in [0.2, 0.25) is 0 Å². The Morgan fingerprint density at radius 3 is 2.86 bits per heavy atom. The van der Waals surface area contributed by atoms with Gasteiger partial charge in [-0.15, -0.1) is 0 Å². The van der Waals surface area contributed by atoms with Crippen LogP contribution >= 0.6 is 15.9 Å². The lowest BCUT2D eigenvalue weighted by Crippen LogP contribution is -2.26.